The molecule has 1 aromatic carbocycles. The van der Waals surface area contributed by atoms with Gasteiger partial charge in [-0.05, 0) is 30.3 Å². The number of hydrogen-bond donors (Lipinski definition) is 1. The average molecular weight is 251 g/mol. The topological polar surface area (TPSA) is 95.1 Å². The van der Waals surface area contributed by atoms with Crippen molar-refractivity contribution < 1.29 is 8.42 Å². The number of rotatable bonds is 2. The zero-order valence-corrected chi connectivity index (χ0v) is 9.46. The van der Waals surface area contributed by atoms with Crippen LogP contribution in [-0.4, -0.2) is 18.2 Å². The maximum absolute atomic E-state index is 11.5. The minimum Gasteiger partial charge on any atom is -0.267 e. The number of aromatic nitrogens is 2. The fraction of sp³-hybridized carbons (Fsp3) is 0. The van der Waals surface area contributed by atoms with Crippen molar-refractivity contribution in [2.45, 2.75) is 4.90 Å². The minimum absolute atomic E-state index is 0.00905. The molecule has 0 saturated heterocycles. The van der Waals surface area contributed by atoms with E-state index in [0.29, 0.717) is 5.69 Å². The van der Waals surface area contributed by atoms with Crippen molar-refractivity contribution in [3.8, 4) is 5.69 Å². The maximum atomic E-state index is 11.5. The van der Waals surface area contributed by atoms with Crippen molar-refractivity contribution in [1.82, 2.24) is 9.78 Å². The quantitative estimate of drug-likeness (QED) is 0.804. The largest absolute Gasteiger partial charge is 0.271 e. The molecule has 7 heteroatoms. The van der Waals surface area contributed by atoms with Crippen LogP contribution in [0.1, 0.15) is 0 Å². The summed E-state index contributed by atoms with van der Waals surface area (Å²) in [4.78, 5) is 11.4. The highest BCUT2D eigenvalue weighted by atomic mass is 32.2. The molecule has 17 heavy (non-hydrogen) atoms. The van der Waals surface area contributed by atoms with E-state index in [1.165, 1.54) is 42.6 Å². The molecule has 0 amide bonds. The van der Waals surface area contributed by atoms with E-state index in [0.717, 1.165) is 4.68 Å². The Morgan fingerprint density at radius 1 is 1.12 bits per heavy atom. The molecule has 1 heterocycles. The number of nitrogens with two attached hydrogens (primary N) is 1. The molecule has 0 aliphatic heterocycles. The Morgan fingerprint density at radius 2 is 1.76 bits per heavy atom. The molecule has 0 saturated carbocycles. The van der Waals surface area contributed by atoms with Crippen LogP contribution in [0.3, 0.4) is 0 Å². The van der Waals surface area contributed by atoms with Gasteiger partial charge in [-0.3, -0.25) is 4.79 Å². The summed E-state index contributed by atoms with van der Waals surface area (Å²) in [7, 11) is -3.72. The lowest BCUT2D eigenvalue weighted by Gasteiger charge is -2.04. The van der Waals surface area contributed by atoms with Crippen molar-refractivity contribution in [2.24, 2.45) is 5.14 Å². The van der Waals surface area contributed by atoms with Crippen molar-refractivity contribution in [3.05, 3.63) is 52.9 Å². The fourth-order valence-corrected chi connectivity index (χ4v) is 1.84. The van der Waals surface area contributed by atoms with E-state index in [4.69, 9.17) is 5.14 Å². The normalized spacial score (nSPS) is 11.4. The smallest absolute Gasteiger partial charge is 0.267 e. The highest BCUT2D eigenvalue weighted by Gasteiger charge is 2.07. The summed E-state index contributed by atoms with van der Waals surface area (Å²) in [6.07, 6.45) is 1.47. The second kappa shape index (κ2) is 4.11. The maximum Gasteiger partial charge on any atom is 0.271 e. The van der Waals surface area contributed by atoms with E-state index in [1.807, 2.05) is 0 Å². The van der Waals surface area contributed by atoms with E-state index in [9.17, 15) is 13.2 Å². The number of nitrogens with zero attached hydrogens (tertiary/aromatic N) is 2. The van der Waals surface area contributed by atoms with Crippen molar-refractivity contribution in [3.63, 3.8) is 0 Å². The monoisotopic (exact) mass is 251 g/mol. The minimum atomic E-state index is -3.72. The first-order valence-electron chi connectivity index (χ1n) is 4.66. The molecule has 0 fully saturated rings. The number of sulfonamides is 1. The van der Waals surface area contributed by atoms with Gasteiger partial charge in [-0.1, -0.05) is 0 Å². The zero-order valence-electron chi connectivity index (χ0n) is 8.65. The van der Waals surface area contributed by atoms with Crippen LogP contribution in [0.5, 0.6) is 0 Å². The summed E-state index contributed by atoms with van der Waals surface area (Å²) in [6, 6.07) is 8.47. The molecule has 0 radical (unpaired) electrons. The van der Waals surface area contributed by atoms with Gasteiger partial charge in [0.05, 0.1) is 10.6 Å². The van der Waals surface area contributed by atoms with E-state index >= 15 is 0 Å². The number of hydrogen-bond acceptors (Lipinski definition) is 4. The molecule has 2 aromatic rings. The highest BCUT2D eigenvalue weighted by Crippen LogP contribution is 2.10. The summed E-state index contributed by atoms with van der Waals surface area (Å²) < 4.78 is 23.2. The van der Waals surface area contributed by atoms with Crippen LogP contribution in [0.25, 0.3) is 5.69 Å². The van der Waals surface area contributed by atoms with Crippen LogP contribution in [0.4, 0.5) is 0 Å². The van der Waals surface area contributed by atoms with Crippen LogP contribution in [0.15, 0.2) is 52.3 Å². The Morgan fingerprint density at radius 3 is 2.29 bits per heavy atom. The third-order valence-corrected chi connectivity index (χ3v) is 3.05. The van der Waals surface area contributed by atoms with Crippen molar-refractivity contribution in [1.29, 1.82) is 0 Å². The van der Waals surface area contributed by atoms with Gasteiger partial charge in [0.2, 0.25) is 10.0 Å². The summed E-state index contributed by atoms with van der Waals surface area (Å²) in [5.41, 5.74) is 0.179. The molecule has 0 aliphatic carbocycles. The van der Waals surface area contributed by atoms with E-state index in [2.05, 4.69) is 5.10 Å². The van der Waals surface area contributed by atoms with Crippen LogP contribution in [0, 0.1) is 0 Å². The van der Waals surface area contributed by atoms with E-state index < -0.39 is 10.0 Å². The molecular formula is C10H9N3O3S. The molecule has 0 unspecified atom stereocenters. The van der Waals surface area contributed by atoms with Crippen LogP contribution in [0.2, 0.25) is 0 Å². The predicted molar refractivity (Wildman–Crippen MR) is 61.2 cm³/mol. The van der Waals surface area contributed by atoms with Gasteiger partial charge < -0.3 is 0 Å². The molecule has 1 aromatic heterocycles. The molecular weight excluding hydrogens is 242 g/mol. The van der Waals surface area contributed by atoms with Crippen LogP contribution < -0.4 is 10.7 Å². The molecule has 0 bridgehead atoms. The SMILES string of the molecule is NS(=O)(=O)c1ccc(-n2ncccc2=O)cc1. The molecule has 0 spiro atoms. The average Bonchev–Trinajstić information content (AvgIpc) is 2.29. The van der Waals surface area contributed by atoms with Crippen LogP contribution in [-0.2, 0) is 10.0 Å². The first kappa shape index (κ1) is 11.5. The van der Waals surface area contributed by atoms with E-state index in [-0.39, 0.29) is 10.5 Å². The standard InChI is InChI=1S/C10H9N3O3S/c11-17(15,16)9-5-3-8(4-6-9)13-10(14)2-1-7-12-13/h1-7H,(H2,11,15,16). The predicted octanol–water partition coefficient (Wildman–Crippen LogP) is -0.120. The Kier molecular flexibility index (Phi) is 2.78. The lowest BCUT2D eigenvalue weighted by molar-refractivity contribution is 0.598. The van der Waals surface area contributed by atoms with E-state index in [1.54, 1.807) is 0 Å². The molecule has 0 aliphatic rings. The second-order valence-corrected chi connectivity index (χ2v) is 4.87. The first-order valence-corrected chi connectivity index (χ1v) is 6.21. The summed E-state index contributed by atoms with van der Waals surface area (Å²) >= 11 is 0. The summed E-state index contributed by atoms with van der Waals surface area (Å²) in [6.45, 7) is 0. The molecule has 0 atom stereocenters. The van der Waals surface area contributed by atoms with Gasteiger partial charge in [0.25, 0.3) is 5.56 Å². The van der Waals surface area contributed by atoms with Gasteiger partial charge in [-0.2, -0.15) is 9.78 Å². The van der Waals surface area contributed by atoms with Crippen LogP contribution >= 0.6 is 0 Å². The Hall–Kier alpha value is -1.99. The second-order valence-electron chi connectivity index (χ2n) is 3.31. The van der Waals surface area contributed by atoms with Gasteiger partial charge in [0.15, 0.2) is 0 Å². The van der Waals surface area contributed by atoms with Gasteiger partial charge in [-0.15, -0.1) is 0 Å². The summed E-state index contributed by atoms with van der Waals surface area (Å²) in [5.74, 6) is 0. The lowest BCUT2D eigenvalue weighted by Crippen LogP contribution is -2.19. The third kappa shape index (κ3) is 2.40. The highest BCUT2D eigenvalue weighted by molar-refractivity contribution is 7.89. The van der Waals surface area contributed by atoms with Gasteiger partial charge >= 0.3 is 0 Å². The Balaban J connectivity index is 2.51. The van der Waals surface area contributed by atoms with Gasteiger partial charge in [0, 0.05) is 12.3 Å². The van der Waals surface area contributed by atoms with Gasteiger partial charge in [0.1, 0.15) is 0 Å². The fourth-order valence-electron chi connectivity index (χ4n) is 1.33. The van der Waals surface area contributed by atoms with Crippen molar-refractivity contribution in [2.75, 3.05) is 0 Å². The zero-order chi connectivity index (χ0) is 12.5. The van der Waals surface area contributed by atoms with Crippen molar-refractivity contribution >= 4 is 10.0 Å². The molecule has 88 valence electrons. The molecule has 6 nitrogen and oxygen atoms in total. The number of benzene rings is 1. The Bertz CT molecular complexity index is 689. The molecule has 2 rings (SSSR count). The Labute approximate surface area is 97.4 Å². The lowest BCUT2D eigenvalue weighted by atomic mass is 10.3. The number of primary sulfonamides is 1. The van der Waals surface area contributed by atoms with Gasteiger partial charge in [-0.25, -0.2) is 13.6 Å². The molecule has 2 N–H and O–H groups in total. The summed E-state index contributed by atoms with van der Waals surface area (Å²) in [5, 5.41) is 8.83. The first-order chi connectivity index (χ1) is 7.98. The third-order valence-electron chi connectivity index (χ3n) is 2.13.